The highest BCUT2D eigenvalue weighted by Crippen LogP contribution is 2.13. The van der Waals surface area contributed by atoms with Crippen LogP contribution in [0.4, 0.5) is 13.2 Å². The summed E-state index contributed by atoms with van der Waals surface area (Å²) in [5.41, 5.74) is 5.15. The van der Waals surface area contributed by atoms with Crippen LogP contribution in [0.2, 0.25) is 0 Å². The molecule has 0 amide bonds. The normalized spacial score (nSPS) is 10.0. The second kappa shape index (κ2) is 10.5. The van der Waals surface area contributed by atoms with Crippen molar-refractivity contribution in [2.45, 2.75) is 6.18 Å². The van der Waals surface area contributed by atoms with Gasteiger partial charge in [0.05, 0.1) is 13.2 Å². The molecule has 0 radical (unpaired) electrons. The molecule has 0 fully saturated rings. The number of rotatable bonds is 6. The van der Waals surface area contributed by atoms with Crippen LogP contribution < -0.4 is 5.73 Å². The summed E-state index contributed by atoms with van der Waals surface area (Å²) in [5, 5.41) is 7.12. The zero-order valence-corrected chi connectivity index (χ0v) is 9.40. The molecule has 0 aliphatic carbocycles. The number of carbonyl (C=O) groups excluding carboxylic acids is 1. The number of hydrogen-bond acceptors (Lipinski definition) is 5. The SMILES string of the molecule is C=CC(=O)OCCOCCN.O=C(O)C(F)(F)F. The Hall–Kier alpha value is -1.61. The molecule has 0 heterocycles. The fourth-order valence-corrected chi connectivity index (χ4v) is 0.446. The predicted octanol–water partition coefficient (Wildman–Crippen LogP) is 0.324. The standard InChI is InChI=1S/C7H13NO3.C2HF3O2/c1-2-7(9)11-6-5-10-4-3-8;3-2(4,5)1(6)7/h2H,1,3-6,8H2;(H,6,7). The minimum absolute atomic E-state index is 0.255. The molecule has 18 heavy (non-hydrogen) atoms. The second-order valence-corrected chi connectivity index (χ2v) is 2.58. The quantitative estimate of drug-likeness (QED) is 0.411. The van der Waals surface area contributed by atoms with Gasteiger partial charge in [0.1, 0.15) is 6.61 Å². The number of carboxylic acids is 1. The zero-order chi connectivity index (χ0) is 14.6. The Balaban J connectivity index is 0. The number of ether oxygens (including phenoxy) is 2. The van der Waals surface area contributed by atoms with E-state index in [0.717, 1.165) is 6.08 Å². The molecule has 0 rings (SSSR count). The van der Waals surface area contributed by atoms with Gasteiger partial charge < -0.3 is 20.3 Å². The summed E-state index contributed by atoms with van der Waals surface area (Å²) < 4.78 is 41.3. The first kappa shape index (κ1) is 18.7. The van der Waals surface area contributed by atoms with Crippen LogP contribution in [0.25, 0.3) is 0 Å². The van der Waals surface area contributed by atoms with Crippen molar-refractivity contribution in [2.75, 3.05) is 26.4 Å². The fraction of sp³-hybridized carbons (Fsp3) is 0.556. The fourth-order valence-electron chi connectivity index (χ4n) is 0.446. The topological polar surface area (TPSA) is 98.9 Å². The van der Waals surface area contributed by atoms with E-state index >= 15 is 0 Å². The summed E-state index contributed by atoms with van der Waals surface area (Å²) in [5.74, 6) is -3.19. The highest BCUT2D eigenvalue weighted by molar-refractivity contribution is 5.81. The molecule has 0 atom stereocenters. The molecule has 0 aliphatic rings. The highest BCUT2D eigenvalue weighted by atomic mass is 19.4. The maximum atomic E-state index is 10.6. The smallest absolute Gasteiger partial charge is 0.475 e. The van der Waals surface area contributed by atoms with Crippen LogP contribution in [0, 0.1) is 0 Å². The molecule has 0 aromatic carbocycles. The van der Waals surface area contributed by atoms with Gasteiger partial charge in [0.15, 0.2) is 0 Å². The molecule has 0 spiro atoms. The lowest BCUT2D eigenvalue weighted by molar-refractivity contribution is -0.192. The second-order valence-electron chi connectivity index (χ2n) is 2.58. The van der Waals surface area contributed by atoms with Gasteiger partial charge in [0, 0.05) is 12.6 Å². The summed E-state index contributed by atoms with van der Waals surface area (Å²) in [6, 6.07) is 0. The molecule has 0 saturated heterocycles. The number of hydrogen-bond donors (Lipinski definition) is 2. The van der Waals surface area contributed by atoms with E-state index in [1.54, 1.807) is 0 Å². The average Bonchev–Trinajstić information content (AvgIpc) is 2.28. The number of alkyl halides is 3. The molecule has 0 aromatic heterocycles. The van der Waals surface area contributed by atoms with Crippen LogP contribution >= 0.6 is 0 Å². The Morgan fingerprint density at radius 2 is 1.78 bits per heavy atom. The maximum Gasteiger partial charge on any atom is 0.490 e. The van der Waals surface area contributed by atoms with Gasteiger partial charge in [0.2, 0.25) is 0 Å². The van der Waals surface area contributed by atoms with Crippen LogP contribution in [0.15, 0.2) is 12.7 Å². The maximum absolute atomic E-state index is 10.6. The Morgan fingerprint density at radius 1 is 1.28 bits per heavy atom. The van der Waals surface area contributed by atoms with E-state index in [9.17, 15) is 18.0 Å². The molecular weight excluding hydrogens is 259 g/mol. The van der Waals surface area contributed by atoms with E-state index in [1.165, 1.54) is 0 Å². The van der Waals surface area contributed by atoms with Gasteiger partial charge in [-0.05, 0) is 0 Å². The van der Waals surface area contributed by atoms with Crippen molar-refractivity contribution < 1.29 is 37.3 Å². The third-order valence-electron chi connectivity index (χ3n) is 1.14. The van der Waals surface area contributed by atoms with Gasteiger partial charge in [-0.25, -0.2) is 9.59 Å². The van der Waals surface area contributed by atoms with Crippen molar-refractivity contribution in [2.24, 2.45) is 5.73 Å². The van der Waals surface area contributed by atoms with E-state index in [0.29, 0.717) is 19.8 Å². The lowest BCUT2D eigenvalue weighted by Crippen LogP contribution is -2.21. The molecule has 106 valence electrons. The van der Waals surface area contributed by atoms with E-state index < -0.39 is 18.1 Å². The summed E-state index contributed by atoms with van der Waals surface area (Å²) in [7, 11) is 0. The highest BCUT2D eigenvalue weighted by Gasteiger charge is 2.38. The van der Waals surface area contributed by atoms with Crippen LogP contribution in [0.3, 0.4) is 0 Å². The number of aliphatic carboxylic acids is 1. The zero-order valence-electron chi connectivity index (χ0n) is 9.40. The lowest BCUT2D eigenvalue weighted by atomic mass is 10.6. The summed E-state index contributed by atoms with van der Waals surface area (Å²) >= 11 is 0. The summed E-state index contributed by atoms with van der Waals surface area (Å²) in [6.45, 7) is 4.85. The van der Waals surface area contributed by atoms with E-state index in [-0.39, 0.29) is 6.61 Å². The first-order chi connectivity index (χ1) is 8.25. The van der Waals surface area contributed by atoms with Crippen LogP contribution in [-0.2, 0) is 19.1 Å². The van der Waals surface area contributed by atoms with E-state index in [1.807, 2.05) is 0 Å². The van der Waals surface area contributed by atoms with Gasteiger partial charge in [-0.3, -0.25) is 0 Å². The first-order valence-electron chi connectivity index (χ1n) is 4.62. The summed E-state index contributed by atoms with van der Waals surface area (Å²) in [6.07, 6.45) is -3.97. The molecule has 0 unspecified atom stereocenters. The van der Waals surface area contributed by atoms with Gasteiger partial charge in [0.25, 0.3) is 0 Å². The minimum Gasteiger partial charge on any atom is -0.475 e. The molecule has 0 aromatic rings. The Bertz CT molecular complexity index is 267. The van der Waals surface area contributed by atoms with Gasteiger partial charge in [-0.1, -0.05) is 6.58 Å². The molecule has 6 nitrogen and oxygen atoms in total. The molecule has 0 aliphatic heterocycles. The lowest BCUT2D eigenvalue weighted by Gasteiger charge is -2.01. The number of carboxylic acid groups (broad SMARTS) is 1. The van der Waals surface area contributed by atoms with Crippen molar-refractivity contribution in [3.63, 3.8) is 0 Å². The van der Waals surface area contributed by atoms with Crippen molar-refractivity contribution >= 4 is 11.9 Å². The number of carbonyl (C=O) groups is 2. The third-order valence-corrected chi connectivity index (χ3v) is 1.14. The molecular formula is C9H14F3NO5. The van der Waals surface area contributed by atoms with Gasteiger partial charge in [-0.15, -0.1) is 0 Å². The van der Waals surface area contributed by atoms with Crippen LogP contribution in [0.1, 0.15) is 0 Å². The Kier molecular flexibility index (Phi) is 11.0. The van der Waals surface area contributed by atoms with Crippen molar-refractivity contribution in [3.05, 3.63) is 12.7 Å². The van der Waals surface area contributed by atoms with E-state index in [2.05, 4.69) is 11.3 Å². The Morgan fingerprint density at radius 3 is 2.11 bits per heavy atom. The number of halogens is 3. The molecule has 0 saturated carbocycles. The predicted molar refractivity (Wildman–Crippen MR) is 54.7 cm³/mol. The molecule has 9 heteroatoms. The first-order valence-corrected chi connectivity index (χ1v) is 4.62. The third kappa shape index (κ3) is 14.4. The summed E-state index contributed by atoms with van der Waals surface area (Å²) in [4.78, 5) is 19.3. The van der Waals surface area contributed by atoms with Crippen molar-refractivity contribution in [1.82, 2.24) is 0 Å². The number of esters is 1. The number of nitrogens with two attached hydrogens (primary N) is 1. The van der Waals surface area contributed by atoms with Gasteiger partial charge in [-0.2, -0.15) is 13.2 Å². The van der Waals surface area contributed by atoms with Gasteiger partial charge >= 0.3 is 18.1 Å². The molecule has 0 bridgehead atoms. The minimum atomic E-state index is -5.08. The van der Waals surface area contributed by atoms with Crippen LogP contribution in [-0.4, -0.2) is 49.6 Å². The van der Waals surface area contributed by atoms with Crippen LogP contribution in [0.5, 0.6) is 0 Å². The molecule has 3 N–H and O–H groups in total. The Labute approximate surface area is 101 Å². The average molecular weight is 273 g/mol. The van der Waals surface area contributed by atoms with E-state index in [4.69, 9.17) is 20.4 Å². The largest absolute Gasteiger partial charge is 0.490 e. The van der Waals surface area contributed by atoms with Crippen molar-refractivity contribution in [3.8, 4) is 0 Å². The van der Waals surface area contributed by atoms with Crippen molar-refractivity contribution in [1.29, 1.82) is 0 Å². The monoisotopic (exact) mass is 273 g/mol.